The van der Waals surface area contributed by atoms with Gasteiger partial charge in [-0.3, -0.25) is 4.79 Å². The average Bonchev–Trinajstić information content (AvgIpc) is 3.39. The van der Waals surface area contributed by atoms with Crippen LogP contribution in [0.3, 0.4) is 0 Å². The predicted molar refractivity (Wildman–Crippen MR) is 92.5 cm³/mol. The molecule has 8 nitrogen and oxygen atoms in total. The summed E-state index contributed by atoms with van der Waals surface area (Å²) in [5, 5.41) is 8.74. The van der Waals surface area contributed by atoms with E-state index in [1.165, 1.54) is 11.1 Å². The Morgan fingerprint density at radius 3 is 2.74 bits per heavy atom. The molecule has 4 rings (SSSR count). The number of fused-ring (bicyclic) bond motifs is 1. The third-order valence-corrected chi connectivity index (χ3v) is 5.01. The molecule has 2 atom stereocenters. The van der Waals surface area contributed by atoms with Crippen LogP contribution in [0, 0.1) is 11.7 Å². The SMILES string of the molecule is NCC1CN(c2nc3c(cc2F)c(=O)c(OC(=O)O)cn3C2CC2)CC1F. The largest absolute Gasteiger partial charge is 0.511 e. The fraction of sp³-hybridized carbons (Fsp3) is 0.471. The Bertz CT molecular complexity index is 976. The van der Waals surface area contributed by atoms with Gasteiger partial charge in [-0.05, 0) is 25.5 Å². The Kier molecular flexibility index (Phi) is 4.22. The van der Waals surface area contributed by atoms with Crippen molar-refractivity contribution in [3.05, 3.63) is 28.3 Å². The normalized spacial score (nSPS) is 22.4. The van der Waals surface area contributed by atoms with Crippen LogP contribution in [0.4, 0.5) is 19.4 Å². The Balaban J connectivity index is 1.85. The van der Waals surface area contributed by atoms with Gasteiger partial charge in [-0.25, -0.2) is 18.6 Å². The molecule has 144 valence electrons. The van der Waals surface area contributed by atoms with E-state index in [1.807, 2.05) is 0 Å². The summed E-state index contributed by atoms with van der Waals surface area (Å²) in [5.74, 6) is -1.62. The Labute approximate surface area is 152 Å². The number of pyridine rings is 2. The van der Waals surface area contributed by atoms with Crippen LogP contribution in [0.1, 0.15) is 18.9 Å². The van der Waals surface area contributed by atoms with E-state index in [2.05, 4.69) is 9.72 Å². The molecule has 0 bridgehead atoms. The zero-order valence-electron chi connectivity index (χ0n) is 14.3. The van der Waals surface area contributed by atoms with Crippen molar-refractivity contribution < 1.29 is 23.4 Å². The number of hydrogen-bond acceptors (Lipinski definition) is 6. The number of halogens is 2. The highest BCUT2D eigenvalue weighted by atomic mass is 19.1. The molecule has 2 aromatic heterocycles. The number of nitrogens with two attached hydrogens (primary N) is 1. The molecular formula is C17H18F2N4O4. The fourth-order valence-electron chi connectivity index (χ4n) is 3.46. The molecule has 1 saturated heterocycles. The number of aromatic nitrogens is 2. The minimum atomic E-state index is -1.63. The average molecular weight is 380 g/mol. The second-order valence-electron chi connectivity index (χ2n) is 6.91. The fourth-order valence-corrected chi connectivity index (χ4v) is 3.46. The third kappa shape index (κ3) is 3.09. The Hall–Kier alpha value is -2.75. The predicted octanol–water partition coefficient (Wildman–Crippen LogP) is 1.66. The topological polar surface area (TPSA) is 111 Å². The first-order chi connectivity index (χ1) is 12.9. The molecule has 0 aromatic carbocycles. The highest BCUT2D eigenvalue weighted by molar-refractivity contribution is 5.80. The highest BCUT2D eigenvalue weighted by Crippen LogP contribution is 2.38. The second-order valence-corrected chi connectivity index (χ2v) is 6.91. The molecule has 2 aromatic rings. The van der Waals surface area contributed by atoms with Crippen LogP contribution < -0.4 is 20.8 Å². The monoisotopic (exact) mass is 380 g/mol. The van der Waals surface area contributed by atoms with Gasteiger partial charge in [-0.2, -0.15) is 0 Å². The second kappa shape index (κ2) is 6.45. The van der Waals surface area contributed by atoms with Crippen molar-refractivity contribution in [2.24, 2.45) is 11.7 Å². The van der Waals surface area contributed by atoms with Gasteiger partial charge in [-0.15, -0.1) is 0 Å². The molecule has 27 heavy (non-hydrogen) atoms. The summed E-state index contributed by atoms with van der Waals surface area (Å²) in [6, 6.07) is 1.04. The van der Waals surface area contributed by atoms with Gasteiger partial charge in [0, 0.05) is 18.5 Å². The van der Waals surface area contributed by atoms with E-state index in [-0.39, 0.29) is 42.5 Å². The van der Waals surface area contributed by atoms with Crippen LogP contribution in [0.15, 0.2) is 17.1 Å². The first-order valence-corrected chi connectivity index (χ1v) is 8.64. The Morgan fingerprint density at radius 2 is 2.15 bits per heavy atom. The van der Waals surface area contributed by atoms with E-state index in [9.17, 15) is 18.4 Å². The summed E-state index contributed by atoms with van der Waals surface area (Å²) in [4.78, 5) is 29.1. The van der Waals surface area contributed by atoms with Crippen molar-refractivity contribution in [2.45, 2.75) is 25.1 Å². The van der Waals surface area contributed by atoms with Gasteiger partial charge in [0.1, 0.15) is 11.8 Å². The van der Waals surface area contributed by atoms with Gasteiger partial charge in [0.2, 0.25) is 5.43 Å². The zero-order chi connectivity index (χ0) is 19.3. The molecule has 1 saturated carbocycles. The van der Waals surface area contributed by atoms with E-state index in [4.69, 9.17) is 10.8 Å². The van der Waals surface area contributed by atoms with Gasteiger partial charge >= 0.3 is 6.16 Å². The molecule has 3 N–H and O–H groups in total. The van der Waals surface area contributed by atoms with Crippen LogP contribution in [0.25, 0.3) is 11.0 Å². The van der Waals surface area contributed by atoms with Crippen molar-refractivity contribution in [3.63, 3.8) is 0 Å². The third-order valence-electron chi connectivity index (χ3n) is 5.01. The van der Waals surface area contributed by atoms with Gasteiger partial charge in [0.25, 0.3) is 0 Å². The van der Waals surface area contributed by atoms with Crippen LogP contribution in [0.2, 0.25) is 0 Å². The molecule has 1 aliphatic heterocycles. The summed E-state index contributed by atoms with van der Waals surface area (Å²) in [7, 11) is 0. The molecule has 2 unspecified atom stereocenters. The number of carbonyl (C=O) groups is 1. The van der Waals surface area contributed by atoms with Crippen molar-refractivity contribution in [3.8, 4) is 5.75 Å². The molecule has 3 heterocycles. The number of alkyl halides is 1. The molecule has 0 amide bonds. The number of nitrogens with zero attached hydrogens (tertiary/aromatic N) is 3. The number of carboxylic acid groups (broad SMARTS) is 1. The van der Waals surface area contributed by atoms with Crippen molar-refractivity contribution >= 4 is 23.0 Å². The van der Waals surface area contributed by atoms with E-state index in [0.717, 1.165) is 18.9 Å². The zero-order valence-corrected chi connectivity index (χ0v) is 14.3. The van der Waals surface area contributed by atoms with E-state index in [0.29, 0.717) is 0 Å². The van der Waals surface area contributed by atoms with Gasteiger partial charge in [0.05, 0.1) is 18.1 Å². The van der Waals surface area contributed by atoms with Crippen LogP contribution >= 0.6 is 0 Å². The number of hydrogen-bond donors (Lipinski definition) is 2. The van der Waals surface area contributed by atoms with Crippen LogP contribution in [-0.4, -0.2) is 46.6 Å². The molecule has 1 aliphatic carbocycles. The lowest BCUT2D eigenvalue weighted by Gasteiger charge is -2.19. The van der Waals surface area contributed by atoms with Gasteiger partial charge < -0.3 is 25.0 Å². The molecule has 2 fully saturated rings. The first-order valence-electron chi connectivity index (χ1n) is 8.64. The Morgan fingerprint density at radius 1 is 1.41 bits per heavy atom. The van der Waals surface area contributed by atoms with E-state index >= 15 is 0 Å². The molecule has 0 spiro atoms. The highest BCUT2D eigenvalue weighted by Gasteiger charge is 2.35. The molecule has 10 heteroatoms. The van der Waals surface area contributed by atoms with Crippen LogP contribution in [-0.2, 0) is 0 Å². The standard InChI is InChI=1S/C17H18F2N4O4/c18-11-3-10-14(24)13(27-17(25)26)7-23(9-1-2-9)15(10)21-16(11)22-5-8(4-20)12(19)6-22/h3,7-9,12H,1-2,4-6,20H2,(H,25,26). The quantitative estimate of drug-likeness (QED) is 0.776. The first kappa shape index (κ1) is 17.7. The summed E-state index contributed by atoms with van der Waals surface area (Å²) < 4.78 is 34.9. The summed E-state index contributed by atoms with van der Waals surface area (Å²) in [6.45, 7) is 0.363. The minimum Gasteiger partial charge on any atom is -0.449 e. The maximum Gasteiger partial charge on any atom is 0.511 e. The number of anilines is 1. The van der Waals surface area contributed by atoms with E-state index < -0.39 is 35.2 Å². The molecule has 0 radical (unpaired) electrons. The summed E-state index contributed by atoms with van der Waals surface area (Å²) >= 11 is 0. The van der Waals surface area contributed by atoms with Crippen molar-refractivity contribution in [2.75, 3.05) is 24.5 Å². The summed E-state index contributed by atoms with van der Waals surface area (Å²) in [6.07, 6.45) is 0.131. The van der Waals surface area contributed by atoms with Crippen molar-refractivity contribution in [1.29, 1.82) is 0 Å². The van der Waals surface area contributed by atoms with E-state index in [1.54, 1.807) is 4.57 Å². The van der Waals surface area contributed by atoms with Crippen LogP contribution in [0.5, 0.6) is 5.75 Å². The lowest BCUT2D eigenvalue weighted by molar-refractivity contribution is 0.143. The smallest absolute Gasteiger partial charge is 0.449 e. The number of rotatable bonds is 4. The maximum absolute atomic E-state index is 14.7. The maximum atomic E-state index is 14.7. The van der Waals surface area contributed by atoms with Crippen molar-refractivity contribution in [1.82, 2.24) is 9.55 Å². The molecular weight excluding hydrogens is 362 g/mol. The number of ether oxygens (including phenoxy) is 1. The molecule has 2 aliphatic rings. The lowest BCUT2D eigenvalue weighted by atomic mass is 10.1. The summed E-state index contributed by atoms with van der Waals surface area (Å²) in [5.41, 5.74) is 5.02. The minimum absolute atomic E-state index is 0.0227. The lowest BCUT2D eigenvalue weighted by Crippen LogP contribution is -2.25. The van der Waals surface area contributed by atoms with Gasteiger partial charge in [0.15, 0.2) is 17.4 Å². The van der Waals surface area contributed by atoms with Gasteiger partial charge in [-0.1, -0.05) is 0 Å².